The third kappa shape index (κ3) is 6.74. The fraction of sp³-hybridized carbons (Fsp3) is 0.933. The third-order valence-electron chi connectivity index (χ3n) is 2.90. The summed E-state index contributed by atoms with van der Waals surface area (Å²) >= 11 is 0. The molecule has 6 nitrogen and oxygen atoms in total. The first-order chi connectivity index (χ1) is 9.72. The van der Waals surface area contributed by atoms with E-state index >= 15 is 0 Å². The topological polar surface area (TPSA) is 52.5 Å². The van der Waals surface area contributed by atoms with Crippen LogP contribution in [-0.2, 0) is 18.9 Å². The van der Waals surface area contributed by atoms with E-state index in [0.29, 0.717) is 13.2 Å². The van der Waals surface area contributed by atoms with Crippen LogP contribution >= 0.6 is 0 Å². The van der Waals surface area contributed by atoms with Crippen LogP contribution in [0.1, 0.15) is 34.6 Å². The van der Waals surface area contributed by atoms with E-state index in [-0.39, 0.29) is 24.4 Å². The van der Waals surface area contributed by atoms with Crippen LogP contribution in [0.3, 0.4) is 0 Å². The van der Waals surface area contributed by atoms with E-state index < -0.39 is 5.79 Å². The van der Waals surface area contributed by atoms with Crippen molar-refractivity contribution >= 4 is 6.21 Å². The lowest BCUT2D eigenvalue weighted by atomic mass is 10.2. The summed E-state index contributed by atoms with van der Waals surface area (Å²) in [5.74, 6) is -0.847. The van der Waals surface area contributed by atoms with E-state index in [1.54, 1.807) is 11.2 Å². The summed E-state index contributed by atoms with van der Waals surface area (Å²) in [4.78, 5) is 0. The zero-order valence-corrected chi connectivity index (χ0v) is 14.3. The summed E-state index contributed by atoms with van der Waals surface area (Å²) in [6.45, 7) is 10.8. The molecule has 0 aliphatic carbocycles. The lowest BCUT2D eigenvalue weighted by Gasteiger charge is -2.19. The quantitative estimate of drug-likeness (QED) is 0.506. The van der Waals surface area contributed by atoms with Crippen LogP contribution in [0.4, 0.5) is 0 Å². The zero-order valence-electron chi connectivity index (χ0n) is 14.3. The molecule has 0 saturated carbocycles. The molecular formula is C15H30N2O4. The largest absolute Gasteiger partial charge is 0.376 e. The van der Waals surface area contributed by atoms with Crippen molar-refractivity contribution < 1.29 is 18.9 Å². The van der Waals surface area contributed by atoms with Gasteiger partial charge in [-0.15, -0.1) is 0 Å². The second kappa shape index (κ2) is 8.08. The zero-order chi connectivity index (χ0) is 16.0. The Morgan fingerprint density at radius 1 is 1.05 bits per heavy atom. The van der Waals surface area contributed by atoms with Crippen LogP contribution in [0, 0.1) is 0 Å². The van der Waals surface area contributed by atoms with Crippen molar-refractivity contribution in [3.05, 3.63) is 0 Å². The molecule has 1 aliphatic rings. The van der Waals surface area contributed by atoms with Gasteiger partial charge in [0.25, 0.3) is 0 Å². The van der Waals surface area contributed by atoms with E-state index in [0.717, 1.165) is 0 Å². The molecule has 0 aromatic carbocycles. The molecule has 0 spiro atoms. The van der Waals surface area contributed by atoms with Crippen molar-refractivity contribution in [2.75, 3.05) is 27.3 Å². The molecule has 0 bridgehead atoms. The van der Waals surface area contributed by atoms with Gasteiger partial charge in [0.15, 0.2) is 0 Å². The average molecular weight is 302 g/mol. The lowest BCUT2D eigenvalue weighted by molar-refractivity contribution is -0.115. The van der Waals surface area contributed by atoms with Gasteiger partial charge in [0.2, 0.25) is 5.79 Å². The van der Waals surface area contributed by atoms with Crippen molar-refractivity contribution in [3.63, 3.8) is 0 Å². The van der Waals surface area contributed by atoms with Gasteiger partial charge < -0.3 is 24.0 Å². The molecule has 21 heavy (non-hydrogen) atoms. The molecule has 6 heteroatoms. The SMILES string of the molecule is CC(C)OC[C@@H]1OC(C)(/C=N/N(C)C)O[C@H]1COC(C)C. The molecule has 0 amide bonds. The van der Waals surface area contributed by atoms with Gasteiger partial charge in [0.1, 0.15) is 12.2 Å². The van der Waals surface area contributed by atoms with Gasteiger partial charge >= 0.3 is 0 Å². The molecule has 1 fully saturated rings. The van der Waals surface area contributed by atoms with E-state index in [4.69, 9.17) is 18.9 Å². The molecule has 0 aromatic rings. The second-order valence-electron chi connectivity index (χ2n) is 6.18. The smallest absolute Gasteiger partial charge is 0.204 e. The van der Waals surface area contributed by atoms with E-state index in [9.17, 15) is 0 Å². The summed E-state index contributed by atoms with van der Waals surface area (Å²) in [5.41, 5.74) is 0. The lowest BCUT2D eigenvalue weighted by Crippen LogP contribution is -2.33. The minimum absolute atomic E-state index is 0.155. The Morgan fingerprint density at radius 3 is 1.81 bits per heavy atom. The maximum absolute atomic E-state index is 5.99. The number of hydrogen-bond acceptors (Lipinski definition) is 6. The number of rotatable bonds is 8. The van der Waals surface area contributed by atoms with E-state index in [1.165, 1.54) is 0 Å². The highest BCUT2D eigenvalue weighted by Crippen LogP contribution is 2.28. The Kier molecular flexibility index (Phi) is 7.06. The van der Waals surface area contributed by atoms with Crippen molar-refractivity contribution in [2.45, 2.75) is 64.8 Å². The Morgan fingerprint density at radius 2 is 1.48 bits per heavy atom. The maximum Gasteiger partial charge on any atom is 0.204 e. The predicted octanol–water partition coefficient (Wildman–Crippen LogP) is 1.88. The van der Waals surface area contributed by atoms with E-state index in [2.05, 4.69) is 5.10 Å². The van der Waals surface area contributed by atoms with Gasteiger partial charge in [-0.05, 0) is 34.6 Å². The normalized spacial score (nSPS) is 25.4. The molecular weight excluding hydrogens is 272 g/mol. The summed E-state index contributed by atoms with van der Waals surface area (Å²) in [6.07, 6.45) is 1.66. The van der Waals surface area contributed by atoms with Crippen molar-refractivity contribution in [1.82, 2.24) is 5.01 Å². The molecule has 0 N–H and O–H groups in total. The summed E-state index contributed by atoms with van der Waals surface area (Å²) in [6, 6.07) is 0. The standard InChI is InChI=1S/C15H30N2O4/c1-11(2)18-8-13-14(9-19-12(3)4)21-15(5,20-13)10-16-17(6)7/h10-14H,8-9H2,1-7H3/b16-10+/t13-,14-/m0/s1. The van der Waals surface area contributed by atoms with Gasteiger partial charge in [-0.25, -0.2) is 0 Å². The molecule has 0 radical (unpaired) electrons. The highest BCUT2D eigenvalue weighted by molar-refractivity contribution is 5.66. The Balaban J connectivity index is 2.67. The molecule has 2 atom stereocenters. The van der Waals surface area contributed by atoms with E-state index in [1.807, 2.05) is 48.7 Å². The summed E-state index contributed by atoms with van der Waals surface area (Å²) < 4.78 is 23.3. The Labute approximate surface area is 128 Å². The number of nitrogens with zero attached hydrogens (tertiary/aromatic N) is 2. The average Bonchev–Trinajstić information content (AvgIpc) is 2.69. The summed E-state index contributed by atoms with van der Waals surface area (Å²) in [7, 11) is 3.71. The second-order valence-corrected chi connectivity index (χ2v) is 6.18. The number of ether oxygens (including phenoxy) is 4. The van der Waals surface area contributed by atoms with Crippen LogP contribution in [0.2, 0.25) is 0 Å². The van der Waals surface area contributed by atoms with Crippen LogP contribution in [0.25, 0.3) is 0 Å². The maximum atomic E-state index is 5.99. The minimum Gasteiger partial charge on any atom is -0.376 e. The van der Waals surface area contributed by atoms with Crippen LogP contribution < -0.4 is 0 Å². The first-order valence-corrected chi connectivity index (χ1v) is 7.53. The highest BCUT2D eigenvalue weighted by Gasteiger charge is 2.44. The van der Waals surface area contributed by atoms with Crippen LogP contribution in [0.5, 0.6) is 0 Å². The monoisotopic (exact) mass is 302 g/mol. The molecule has 124 valence electrons. The van der Waals surface area contributed by atoms with Crippen molar-refractivity contribution in [1.29, 1.82) is 0 Å². The van der Waals surface area contributed by atoms with Gasteiger partial charge in [-0.3, -0.25) is 0 Å². The highest BCUT2D eigenvalue weighted by atomic mass is 16.8. The molecule has 1 heterocycles. The molecule has 0 aromatic heterocycles. The Hall–Kier alpha value is -0.690. The van der Waals surface area contributed by atoms with Gasteiger partial charge in [0.05, 0.1) is 31.6 Å². The molecule has 1 saturated heterocycles. The van der Waals surface area contributed by atoms with Crippen LogP contribution in [-0.4, -0.2) is 68.7 Å². The fourth-order valence-corrected chi connectivity index (χ4v) is 1.92. The van der Waals surface area contributed by atoms with Gasteiger partial charge in [0, 0.05) is 14.1 Å². The van der Waals surface area contributed by atoms with Crippen molar-refractivity contribution in [3.8, 4) is 0 Å². The summed E-state index contributed by atoms with van der Waals surface area (Å²) in [5, 5.41) is 5.92. The first-order valence-electron chi connectivity index (χ1n) is 7.53. The predicted molar refractivity (Wildman–Crippen MR) is 82.5 cm³/mol. The first kappa shape index (κ1) is 18.4. The number of hydrogen-bond donors (Lipinski definition) is 0. The molecule has 1 aliphatic heterocycles. The van der Waals surface area contributed by atoms with Crippen molar-refractivity contribution in [2.24, 2.45) is 5.10 Å². The van der Waals surface area contributed by atoms with Crippen LogP contribution in [0.15, 0.2) is 5.10 Å². The minimum atomic E-state index is -0.847. The molecule has 1 rings (SSSR count). The van der Waals surface area contributed by atoms with Gasteiger partial charge in [-0.2, -0.15) is 5.10 Å². The molecule has 0 unspecified atom stereocenters. The van der Waals surface area contributed by atoms with Gasteiger partial charge in [-0.1, -0.05) is 0 Å². The number of hydrazone groups is 1. The Bertz CT molecular complexity index is 312. The third-order valence-corrected chi connectivity index (χ3v) is 2.90. The fourth-order valence-electron chi connectivity index (χ4n) is 1.92.